The van der Waals surface area contributed by atoms with Gasteiger partial charge in [0.05, 0.1) is 7.11 Å². The van der Waals surface area contributed by atoms with Crippen LogP contribution >= 0.6 is 11.6 Å². The van der Waals surface area contributed by atoms with Crippen LogP contribution in [0.25, 0.3) is 0 Å². The van der Waals surface area contributed by atoms with Crippen LogP contribution < -0.4 is 9.46 Å². The molecule has 0 radical (unpaired) electrons. The van der Waals surface area contributed by atoms with Crippen molar-refractivity contribution < 1.29 is 17.9 Å². The Morgan fingerprint density at radius 2 is 2.14 bits per heavy atom. The van der Waals surface area contributed by atoms with Gasteiger partial charge in [0.1, 0.15) is 10.6 Å². The lowest BCUT2D eigenvalue weighted by Gasteiger charge is -2.26. The third-order valence-electron chi connectivity index (χ3n) is 3.51. The maximum atomic E-state index is 12.3. The fraction of sp³-hybridized carbons (Fsp3) is 0.500. The fourth-order valence-corrected chi connectivity index (χ4v) is 3.80. The Hall–Kier alpha value is -1.31. The number of methoxy groups -OCH3 is 1. The minimum atomic E-state index is -3.74. The van der Waals surface area contributed by atoms with Gasteiger partial charge in [0.15, 0.2) is 0 Å². The second-order valence-corrected chi connectivity index (χ2v) is 7.20. The number of sulfonamides is 1. The number of halogens is 1. The van der Waals surface area contributed by atoms with Crippen molar-refractivity contribution in [1.82, 2.24) is 9.62 Å². The van der Waals surface area contributed by atoms with Gasteiger partial charge < -0.3 is 9.64 Å². The third-order valence-corrected chi connectivity index (χ3v) is 5.23. The van der Waals surface area contributed by atoms with Crippen molar-refractivity contribution in [1.29, 1.82) is 0 Å². The Balaban J connectivity index is 2.02. The number of nitrogens with one attached hydrogen (secondary N) is 1. The van der Waals surface area contributed by atoms with E-state index >= 15 is 0 Å². The van der Waals surface area contributed by atoms with Crippen molar-refractivity contribution >= 4 is 27.5 Å². The average Bonchev–Trinajstić information content (AvgIpc) is 2.49. The smallest absolute Gasteiger partial charge is 0.244 e. The van der Waals surface area contributed by atoms with Crippen LogP contribution in [0.3, 0.4) is 0 Å². The van der Waals surface area contributed by atoms with E-state index in [0.717, 1.165) is 12.8 Å². The van der Waals surface area contributed by atoms with Crippen molar-refractivity contribution in [2.24, 2.45) is 0 Å². The molecule has 0 atom stereocenters. The fourth-order valence-electron chi connectivity index (χ4n) is 2.35. The highest BCUT2D eigenvalue weighted by Crippen LogP contribution is 2.26. The quantitative estimate of drug-likeness (QED) is 0.849. The second-order valence-electron chi connectivity index (χ2n) is 5.03. The molecule has 1 fully saturated rings. The van der Waals surface area contributed by atoms with Gasteiger partial charge in [0, 0.05) is 31.1 Å². The number of piperidine rings is 1. The molecule has 1 saturated heterocycles. The largest absolute Gasteiger partial charge is 0.495 e. The van der Waals surface area contributed by atoms with Gasteiger partial charge in [-0.15, -0.1) is 0 Å². The zero-order chi connectivity index (χ0) is 16.2. The van der Waals surface area contributed by atoms with Crippen LogP contribution in [-0.4, -0.2) is 46.0 Å². The van der Waals surface area contributed by atoms with E-state index in [9.17, 15) is 13.2 Å². The summed E-state index contributed by atoms with van der Waals surface area (Å²) in [6, 6.07) is 4.41. The molecule has 0 unspecified atom stereocenters. The number of carbonyl (C=O) groups is 1. The maximum absolute atomic E-state index is 12.3. The van der Waals surface area contributed by atoms with E-state index in [-0.39, 0.29) is 23.1 Å². The van der Waals surface area contributed by atoms with Crippen molar-refractivity contribution in [3.63, 3.8) is 0 Å². The number of nitrogens with zero attached hydrogens (tertiary/aromatic N) is 1. The maximum Gasteiger partial charge on any atom is 0.244 e. The van der Waals surface area contributed by atoms with E-state index in [4.69, 9.17) is 16.3 Å². The minimum Gasteiger partial charge on any atom is -0.495 e. The molecule has 1 aromatic rings. The number of carbonyl (C=O) groups excluding carboxylic acids is 1. The standard InChI is InChI=1S/C14H19ClN2O4S/c1-21-12-6-5-11(15)10-13(12)22(19,20)16-7-9-17-8-3-2-4-14(17)18/h5-6,10,16H,2-4,7-9H2,1H3. The zero-order valence-corrected chi connectivity index (χ0v) is 13.9. The number of ether oxygens (including phenoxy) is 1. The van der Waals surface area contributed by atoms with Gasteiger partial charge in [-0.1, -0.05) is 11.6 Å². The van der Waals surface area contributed by atoms with E-state index in [2.05, 4.69) is 4.72 Å². The predicted molar refractivity (Wildman–Crippen MR) is 83.6 cm³/mol. The summed E-state index contributed by atoms with van der Waals surface area (Å²) in [5.41, 5.74) is 0. The van der Waals surface area contributed by atoms with Gasteiger partial charge in [-0.3, -0.25) is 4.79 Å². The normalized spacial score (nSPS) is 15.9. The van der Waals surface area contributed by atoms with Crippen molar-refractivity contribution in [2.45, 2.75) is 24.2 Å². The molecule has 2 rings (SSSR count). The second kappa shape index (κ2) is 7.30. The molecule has 122 valence electrons. The number of amides is 1. The average molecular weight is 347 g/mol. The number of hydrogen-bond acceptors (Lipinski definition) is 4. The summed E-state index contributed by atoms with van der Waals surface area (Å²) >= 11 is 5.85. The summed E-state index contributed by atoms with van der Waals surface area (Å²) < 4.78 is 32.2. The molecule has 22 heavy (non-hydrogen) atoms. The summed E-state index contributed by atoms with van der Waals surface area (Å²) in [6.07, 6.45) is 2.40. The van der Waals surface area contributed by atoms with E-state index in [0.29, 0.717) is 24.5 Å². The van der Waals surface area contributed by atoms with Crippen molar-refractivity contribution in [3.8, 4) is 5.75 Å². The molecule has 0 saturated carbocycles. The molecular formula is C14H19ClN2O4S. The van der Waals surface area contributed by atoms with Gasteiger partial charge in [-0.05, 0) is 31.0 Å². The van der Waals surface area contributed by atoms with Crippen LogP contribution in [0.15, 0.2) is 23.1 Å². The summed E-state index contributed by atoms with van der Waals surface area (Å²) in [5, 5.41) is 0.312. The van der Waals surface area contributed by atoms with Crippen LogP contribution in [0, 0.1) is 0 Å². The molecule has 1 amide bonds. The first kappa shape index (κ1) is 17.1. The molecule has 1 aliphatic heterocycles. The lowest BCUT2D eigenvalue weighted by atomic mass is 10.1. The number of rotatable bonds is 6. The molecule has 1 N–H and O–H groups in total. The van der Waals surface area contributed by atoms with Crippen LogP contribution in [0.5, 0.6) is 5.75 Å². The van der Waals surface area contributed by atoms with Gasteiger partial charge in [0.2, 0.25) is 15.9 Å². The summed E-state index contributed by atoms with van der Waals surface area (Å²) in [7, 11) is -2.34. The minimum absolute atomic E-state index is 0.00697. The molecule has 0 bridgehead atoms. The number of benzene rings is 1. The van der Waals surface area contributed by atoms with Gasteiger partial charge in [-0.25, -0.2) is 13.1 Å². The highest BCUT2D eigenvalue weighted by molar-refractivity contribution is 7.89. The Kier molecular flexibility index (Phi) is 5.66. The van der Waals surface area contributed by atoms with Crippen molar-refractivity contribution in [3.05, 3.63) is 23.2 Å². The molecule has 0 aromatic heterocycles. The zero-order valence-electron chi connectivity index (χ0n) is 12.3. The number of hydrogen-bond donors (Lipinski definition) is 1. The molecule has 1 aromatic carbocycles. The lowest BCUT2D eigenvalue weighted by Crippen LogP contribution is -2.41. The Labute approximate surface area is 135 Å². The number of likely N-dealkylation sites (tertiary alicyclic amines) is 1. The topological polar surface area (TPSA) is 75.7 Å². The molecule has 1 heterocycles. The summed E-state index contributed by atoms with van der Waals surface area (Å²) in [6.45, 7) is 1.20. The van der Waals surface area contributed by atoms with Crippen molar-refractivity contribution in [2.75, 3.05) is 26.7 Å². The van der Waals surface area contributed by atoms with E-state index < -0.39 is 10.0 Å². The highest BCUT2D eigenvalue weighted by Gasteiger charge is 2.22. The van der Waals surface area contributed by atoms with Gasteiger partial charge in [0.25, 0.3) is 0 Å². The van der Waals surface area contributed by atoms with Crippen LogP contribution in [0.1, 0.15) is 19.3 Å². The molecule has 6 nitrogen and oxygen atoms in total. The van der Waals surface area contributed by atoms with E-state index in [1.54, 1.807) is 11.0 Å². The Morgan fingerprint density at radius 1 is 1.36 bits per heavy atom. The molecule has 0 aliphatic carbocycles. The molecule has 8 heteroatoms. The highest BCUT2D eigenvalue weighted by atomic mass is 35.5. The first-order valence-electron chi connectivity index (χ1n) is 7.05. The SMILES string of the molecule is COc1ccc(Cl)cc1S(=O)(=O)NCCN1CCCCC1=O. The van der Waals surface area contributed by atoms with Crippen LogP contribution in [-0.2, 0) is 14.8 Å². The van der Waals surface area contributed by atoms with Gasteiger partial charge >= 0.3 is 0 Å². The Morgan fingerprint density at radius 3 is 2.82 bits per heavy atom. The monoisotopic (exact) mass is 346 g/mol. The molecule has 1 aliphatic rings. The predicted octanol–water partition coefficient (Wildman–Crippen LogP) is 1.64. The first-order valence-corrected chi connectivity index (χ1v) is 8.91. The Bertz CT molecular complexity index is 648. The van der Waals surface area contributed by atoms with Crippen LogP contribution in [0.2, 0.25) is 5.02 Å². The first-order chi connectivity index (χ1) is 10.4. The van der Waals surface area contributed by atoms with Crippen LogP contribution in [0.4, 0.5) is 0 Å². The molecular weight excluding hydrogens is 328 g/mol. The van der Waals surface area contributed by atoms with E-state index in [1.807, 2.05) is 0 Å². The summed E-state index contributed by atoms with van der Waals surface area (Å²) in [4.78, 5) is 13.4. The summed E-state index contributed by atoms with van der Waals surface area (Å²) in [5.74, 6) is 0.303. The van der Waals surface area contributed by atoms with E-state index in [1.165, 1.54) is 19.2 Å². The molecule has 0 spiro atoms. The lowest BCUT2D eigenvalue weighted by molar-refractivity contribution is -0.133. The third kappa shape index (κ3) is 4.12. The van der Waals surface area contributed by atoms with Gasteiger partial charge in [-0.2, -0.15) is 0 Å².